The first kappa shape index (κ1) is 15.2. The molecule has 0 aromatic heterocycles. The van der Waals surface area contributed by atoms with Crippen LogP contribution in [-0.2, 0) is 17.9 Å². The van der Waals surface area contributed by atoms with Crippen LogP contribution in [0.1, 0.15) is 44.7 Å². The second kappa shape index (κ2) is 8.28. The first-order chi connectivity index (χ1) is 8.72. The van der Waals surface area contributed by atoms with E-state index in [2.05, 4.69) is 50.4 Å². The predicted octanol–water partition coefficient (Wildman–Crippen LogP) is 3.75. The van der Waals surface area contributed by atoms with Crippen molar-refractivity contribution in [3.63, 3.8) is 0 Å². The fourth-order valence-electron chi connectivity index (χ4n) is 2.46. The summed E-state index contributed by atoms with van der Waals surface area (Å²) in [5.74, 6) is 0.764. The van der Waals surface area contributed by atoms with Crippen LogP contribution < -0.4 is 5.32 Å². The molecule has 0 aliphatic rings. The van der Waals surface area contributed by atoms with Gasteiger partial charge in [0, 0.05) is 19.7 Å². The first-order valence-electron chi connectivity index (χ1n) is 7.02. The second-order valence-corrected chi connectivity index (χ2v) is 4.95. The Balaban J connectivity index is 2.57. The number of benzene rings is 1. The van der Waals surface area contributed by atoms with Crippen molar-refractivity contribution in [2.75, 3.05) is 7.11 Å². The highest BCUT2D eigenvalue weighted by Crippen LogP contribution is 2.15. The number of ether oxygens (including phenoxy) is 1. The summed E-state index contributed by atoms with van der Waals surface area (Å²) in [5.41, 5.74) is 2.63. The molecule has 1 rings (SSSR count). The van der Waals surface area contributed by atoms with Crippen molar-refractivity contribution in [1.29, 1.82) is 0 Å². The highest BCUT2D eigenvalue weighted by atomic mass is 16.5. The molecule has 102 valence electrons. The van der Waals surface area contributed by atoms with Gasteiger partial charge >= 0.3 is 0 Å². The number of nitrogens with one attached hydrogen (secondary N) is 1. The van der Waals surface area contributed by atoms with Crippen molar-refractivity contribution in [2.24, 2.45) is 5.92 Å². The maximum absolute atomic E-state index is 5.24. The van der Waals surface area contributed by atoms with Gasteiger partial charge in [-0.25, -0.2) is 0 Å². The van der Waals surface area contributed by atoms with Gasteiger partial charge < -0.3 is 10.1 Å². The Morgan fingerprint density at radius 1 is 1.11 bits per heavy atom. The molecule has 1 aromatic rings. The highest BCUT2D eigenvalue weighted by Gasteiger charge is 2.13. The van der Waals surface area contributed by atoms with Crippen LogP contribution in [0.4, 0.5) is 0 Å². The molecule has 0 heterocycles. The molecule has 0 amide bonds. The molecule has 0 bridgehead atoms. The Bertz CT molecular complexity index is 334. The molecule has 2 heteroatoms. The Hall–Kier alpha value is -0.860. The fraction of sp³-hybridized carbons (Fsp3) is 0.625. The smallest absolute Gasteiger partial charge is 0.0716 e. The number of hydrogen-bond donors (Lipinski definition) is 1. The lowest BCUT2D eigenvalue weighted by Gasteiger charge is -2.23. The molecule has 0 spiro atoms. The van der Waals surface area contributed by atoms with Gasteiger partial charge in [0.25, 0.3) is 0 Å². The van der Waals surface area contributed by atoms with Crippen LogP contribution >= 0.6 is 0 Å². The minimum atomic E-state index is 0.565. The minimum absolute atomic E-state index is 0.565. The number of rotatable bonds is 8. The van der Waals surface area contributed by atoms with E-state index in [-0.39, 0.29) is 0 Å². The lowest BCUT2D eigenvalue weighted by atomic mass is 9.95. The van der Waals surface area contributed by atoms with Gasteiger partial charge in [0.15, 0.2) is 0 Å². The van der Waals surface area contributed by atoms with Gasteiger partial charge in [-0.05, 0) is 24.0 Å². The second-order valence-electron chi connectivity index (χ2n) is 4.95. The van der Waals surface area contributed by atoms with Gasteiger partial charge in [0.1, 0.15) is 0 Å². The standard InChI is InChI=1S/C16H27NO/c1-5-14(6-2)13(3)17-11-15-9-7-8-10-16(15)12-18-4/h7-10,13-14,17H,5-6,11-12H2,1-4H3. The first-order valence-corrected chi connectivity index (χ1v) is 7.02. The Kier molecular flexibility index (Phi) is 6.99. The zero-order valence-electron chi connectivity index (χ0n) is 12.2. The molecule has 1 unspecified atom stereocenters. The monoisotopic (exact) mass is 249 g/mol. The van der Waals surface area contributed by atoms with Gasteiger partial charge in [0.05, 0.1) is 6.61 Å². The van der Waals surface area contributed by atoms with Crippen LogP contribution in [0, 0.1) is 5.92 Å². The number of methoxy groups -OCH3 is 1. The van der Waals surface area contributed by atoms with Crippen LogP contribution in [0.25, 0.3) is 0 Å². The largest absolute Gasteiger partial charge is 0.380 e. The van der Waals surface area contributed by atoms with Gasteiger partial charge in [0.2, 0.25) is 0 Å². The molecule has 0 saturated heterocycles. The third-order valence-corrected chi connectivity index (χ3v) is 3.79. The third-order valence-electron chi connectivity index (χ3n) is 3.79. The summed E-state index contributed by atoms with van der Waals surface area (Å²) in [4.78, 5) is 0. The maximum Gasteiger partial charge on any atom is 0.0716 e. The van der Waals surface area contributed by atoms with E-state index in [1.165, 1.54) is 24.0 Å². The van der Waals surface area contributed by atoms with Crippen LogP contribution in [0.15, 0.2) is 24.3 Å². The molecule has 0 fully saturated rings. The van der Waals surface area contributed by atoms with E-state index in [9.17, 15) is 0 Å². The Labute approximate surface area is 112 Å². The topological polar surface area (TPSA) is 21.3 Å². The molecule has 0 aliphatic carbocycles. The van der Waals surface area contributed by atoms with Crippen LogP contribution in [0.3, 0.4) is 0 Å². The quantitative estimate of drug-likeness (QED) is 0.757. The summed E-state index contributed by atoms with van der Waals surface area (Å²) in [6.07, 6.45) is 2.48. The van der Waals surface area contributed by atoms with E-state index in [0.29, 0.717) is 12.6 Å². The minimum Gasteiger partial charge on any atom is -0.380 e. The SMILES string of the molecule is CCC(CC)C(C)NCc1ccccc1COC. The normalized spacial score (nSPS) is 12.9. The highest BCUT2D eigenvalue weighted by molar-refractivity contribution is 5.26. The van der Waals surface area contributed by atoms with Crippen molar-refractivity contribution in [3.8, 4) is 0 Å². The molecule has 1 atom stereocenters. The average Bonchev–Trinajstić information content (AvgIpc) is 2.39. The molecular formula is C16H27NO. The molecule has 2 nitrogen and oxygen atoms in total. The Morgan fingerprint density at radius 3 is 2.28 bits per heavy atom. The zero-order chi connectivity index (χ0) is 13.4. The summed E-state index contributed by atoms with van der Waals surface area (Å²) in [5, 5.41) is 3.64. The van der Waals surface area contributed by atoms with Crippen LogP contribution in [-0.4, -0.2) is 13.2 Å². The zero-order valence-corrected chi connectivity index (χ0v) is 12.2. The van der Waals surface area contributed by atoms with E-state index < -0.39 is 0 Å². The molecule has 0 radical (unpaired) electrons. The molecule has 1 aromatic carbocycles. The fourth-order valence-corrected chi connectivity index (χ4v) is 2.46. The molecule has 18 heavy (non-hydrogen) atoms. The van der Waals surface area contributed by atoms with E-state index in [1.54, 1.807) is 7.11 Å². The van der Waals surface area contributed by atoms with Crippen molar-refractivity contribution >= 4 is 0 Å². The lowest BCUT2D eigenvalue weighted by Crippen LogP contribution is -2.32. The summed E-state index contributed by atoms with van der Waals surface area (Å²) in [6, 6.07) is 9.05. The molecule has 0 aliphatic heterocycles. The summed E-state index contributed by atoms with van der Waals surface area (Å²) >= 11 is 0. The van der Waals surface area contributed by atoms with E-state index in [1.807, 2.05) is 0 Å². The van der Waals surface area contributed by atoms with E-state index >= 15 is 0 Å². The average molecular weight is 249 g/mol. The predicted molar refractivity (Wildman–Crippen MR) is 77.5 cm³/mol. The van der Waals surface area contributed by atoms with Gasteiger partial charge in [-0.1, -0.05) is 51.0 Å². The van der Waals surface area contributed by atoms with Crippen LogP contribution in [0.2, 0.25) is 0 Å². The van der Waals surface area contributed by atoms with Gasteiger partial charge in [-0.15, -0.1) is 0 Å². The number of hydrogen-bond acceptors (Lipinski definition) is 2. The Morgan fingerprint density at radius 2 is 1.72 bits per heavy atom. The van der Waals surface area contributed by atoms with Gasteiger partial charge in [-0.3, -0.25) is 0 Å². The van der Waals surface area contributed by atoms with Crippen LogP contribution in [0.5, 0.6) is 0 Å². The van der Waals surface area contributed by atoms with E-state index in [0.717, 1.165) is 12.5 Å². The summed E-state index contributed by atoms with van der Waals surface area (Å²) in [6.45, 7) is 8.45. The summed E-state index contributed by atoms with van der Waals surface area (Å²) in [7, 11) is 1.75. The molecular weight excluding hydrogens is 222 g/mol. The summed E-state index contributed by atoms with van der Waals surface area (Å²) < 4.78 is 5.24. The van der Waals surface area contributed by atoms with Crippen molar-refractivity contribution in [3.05, 3.63) is 35.4 Å². The van der Waals surface area contributed by atoms with Crippen molar-refractivity contribution in [1.82, 2.24) is 5.32 Å². The lowest BCUT2D eigenvalue weighted by molar-refractivity contribution is 0.184. The van der Waals surface area contributed by atoms with Crippen molar-refractivity contribution in [2.45, 2.75) is 52.8 Å². The van der Waals surface area contributed by atoms with Crippen molar-refractivity contribution < 1.29 is 4.74 Å². The molecule has 1 N–H and O–H groups in total. The maximum atomic E-state index is 5.24. The third kappa shape index (κ3) is 4.43. The molecule has 0 saturated carbocycles. The van der Waals surface area contributed by atoms with Gasteiger partial charge in [-0.2, -0.15) is 0 Å². The van der Waals surface area contributed by atoms with E-state index in [4.69, 9.17) is 4.74 Å².